The number of hydrogen-bond acceptors (Lipinski definition) is 10. The van der Waals surface area contributed by atoms with Gasteiger partial charge in [0.25, 0.3) is 5.56 Å². The summed E-state index contributed by atoms with van der Waals surface area (Å²) in [4.78, 5) is 37.7. The fraction of sp³-hybridized carbons (Fsp3) is 0.476. The van der Waals surface area contributed by atoms with Crippen molar-refractivity contribution in [3.05, 3.63) is 63.4 Å². The summed E-state index contributed by atoms with van der Waals surface area (Å²) >= 11 is 0. The number of aromatic amines is 1. The number of carbonyl (C=O) groups excluding carboxylic acids is 1. The summed E-state index contributed by atoms with van der Waals surface area (Å²) in [6.07, 6.45) is -6.13. The molecule has 2 aromatic rings. The number of nitrogens with one attached hydrogen (secondary N) is 2. The highest BCUT2D eigenvalue weighted by atomic mass is 31.2. The molecular formula is C21H28N3O10P. The first-order valence-corrected chi connectivity index (χ1v) is 12.1. The maximum Gasteiger partial charge on any atom is 0.459 e. The molecule has 0 saturated carbocycles. The Morgan fingerprint density at radius 1 is 1.37 bits per heavy atom. The number of benzene rings is 1. The third kappa shape index (κ3) is 6.66. The number of rotatable bonds is 10. The van der Waals surface area contributed by atoms with Crippen LogP contribution in [0.4, 0.5) is 0 Å². The molecule has 0 radical (unpaired) electrons. The van der Waals surface area contributed by atoms with Crippen LogP contribution in [0.2, 0.25) is 0 Å². The van der Waals surface area contributed by atoms with Gasteiger partial charge in [-0.05, 0) is 32.9 Å². The van der Waals surface area contributed by atoms with Crippen LogP contribution in [0.15, 0.2) is 52.1 Å². The first-order valence-electron chi connectivity index (χ1n) is 11.6. The van der Waals surface area contributed by atoms with E-state index in [2.05, 4.69) is 5.09 Å². The lowest BCUT2D eigenvalue weighted by Gasteiger charge is -2.27. The molecule has 1 aromatic heterocycles. The molecule has 4 N–H and O–H groups in total. The Morgan fingerprint density at radius 2 is 2.06 bits per heavy atom. The molecule has 0 spiro atoms. The fourth-order valence-corrected chi connectivity index (χ4v) is 4.50. The summed E-state index contributed by atoms with van der Waals surface area (Å²) in [7, 11) is -4.29. The average Bonchev–Trinajstić information content (AvgIpc) is 3.04. The Morgan fingerprint density at radius 3 is 2.71 bits per heavy atom. The van der Waals surface area contributed by atoms with E-state index in [1.165, 1.54) is 12.1 Å². The lowest BCUT2D eigenvalue weighted by Crippen LogP contribution is -2.46. The highest BCUT2D eigenvalue weighted by Gasteiger charge is 2.54. The number of ether oxygens (including phenoxy) is 2. The van der Waals surface area contributed by atoms with Crippen LogP contribution in [-0.2, 0) is 23.4 Å². The van der Waals surface area contributed by atoms with Crippen molar-refractivity contribution >= 4 is 13.7 Å². The number of aliphatic hydroxyl groups excluding tert-OH is 1. The maximum absolute atomic E-state index is 13.4. The third-order valence-electron chi connectivity index (χ3n) is 4.88. The predicted octanol–water partition coefficient (Wildman–Crippen LogP) is 0.291. The van der Waals surface area contributed by atoms with Crippen LogP contribution < -0.4 is 20.9 Å². The molecule has 1 unspecified atom stereocenters. The van der Waals surface area contributed by atoms with Crippen LogP contribution in [0.5, 0.6) is 5.75 Å². The van der Waals surface area contributed by atoms with Gasteiger partial charge in [-0.1, -0.05) is 18.2 Å². The van der Waals surface area contributed by atoms with Crippen LogP contribution >= 0.6 is 7.75 Å². The van der Waals surface area contributed by atoms with Gasteiger partial charge in [-0.15, -0.1) is 0 Å². The van der Waals surface area contributed by atoms with Gasteiger partial charge in [0.1, 0.15) is 30.1 Å². The zero-order valence-corrected chi connectivity index (χ0v) is 20.1. The van der Waals surface area contributed by atoms with Gasteiger partial charge in [-0.3, -0.25) is 23.7 Å². The molecule has 5 atom stereocenters. The van der Waals surface area contributed by atoms with Crippen LogP contribution in [0.1, 0.15) is 29.7 Å². The van der Waals surface area contributed by atoms with Crippen molar-refractivity contribution in [1.29, 1.82) is 0 Å². The molecule has 0 amide bonds. The topological polar surface area (TPSA) is 178 Å². The molecule has 0 aliphatic carbocycles. The van der Waals surface area contributed by atoms with Crippen molar-refractivity contribution in [1.82, 2.24) is 14.6 Å². The molecule has 13 nitrogen and oxygen atoms in total. The number of carbonyl (C=O) groups is 1. The zero-order chi connectivity index (χ0) is 27.5. The molecule has 1 aromatic carbocycles. The number of H-pyrrole nitrogens is 1. The Balaban J connectivity index is 1.82. The van der Waals surface area contributed by atoms with Crippen LogP contribution in [0, 0.1) is 0 Å². The van der Waals surface area contributed by atoms with E-state index in [9.17, 15) is 29.2 Å². The Kier molecular flexibility index (Phi) is 7.42. The van der Waals surface area contributed by atoms with Gasteiger partial charge in [0.2, 0.25) is 0 Å². The Labute approximate surface area is 203 Å². The van der Waals surface area contributed by atoms with Gasteiger partial charge in [0.15, 0.2) is 6.23 Å². The summed E-state index contributed by atoms with van der Waals surface area (Å²) in [5.41, 5.74) is -4.45. The van der Waals surface area contributed by atoms with Crippen molar-refractivity contribution in [2.45, 2.75) is 50.9 Å². The Bertz CT molecular complexity index is 1280. The van der Waals surface area contributed by atoms with Gasteiger partial charge in [0.05, 0.1) is 15.5 Å². The van der Waals surface area contributed by atoms with E-state index in [0.717, 1.165) is 6.92 Å². The molecule has 35 heavy (non-hydrogen) atoms. The first kappa shape index (κ1) is 23.9. The van der Waals surface area contributed by atoms with Crippen molar-refractivity contribution in [2.75, 3.05) is 13.2 Å². The quantitative estimate of drug-likeness (QED) is 0.252. The van der Waals surface area contributed by atoms with E-state index in [4.69, 9.17) is 21.3 Å². The SMILES string of the molecule is [2H]c1c([2H])n([C@@H]2O[C@H](COP(=O)(NCC(=O)OC(C)C)Oc3ccccc3)[C@@H](O)[C@@]2(C)O)c(=O)[nH]c1=O. The van der Waals surface area contributed by atoms with E-state index < -0.39 is 80.5 Å². The number of esters is 1. The average molecular weight is 515 g/mol. The summed E-state index contributed by atoms with van der Waals surface area (Å²) < 4.78 is 51.0. The van der Waals surface area contributed by atoms with E-state index in [-0.39, 0.29) is 5.75 Å². The zero-order valence-electron chi connectivity index (χ0n) is 21.2. The summed E-state index contributed by atoms with van der Waals surface area (Å²) in [5.74, 6) is -0.600. The lowest BCUT2D eigenvalue weighted by molar-refractivity contribution is -0.146. The van der Waals surface area contributed by atoms with E-state index in [0.29, 0.717) is 4.57 Å². The van der Waals surface area contributed by atoms with Crippen molar-refractivity contribution < 1.29 is 40.8 Å². The molecule has 1 fully saturated rings. The molecule has 1 aliphatic rings. The fourth-order valence-electron chi connectivity index (χ4n) is 3.23. The second-order valence-electron chi connectivity index (χ2n) is 8.13. The highest BCUT2D eigenvalue weighted by Crippen LogP contribution is 2.46. The second-order valence-corrected chi connectivity index (χ2v) is 9.89. The predicted molar refractivity (Wildman–Crippen MR) is 122 cm³/mol. The smallest absolute Gasteiger partial charge is 0.459 e. The molecule has 1 saturated heterocycles. The number of para-hydroxylation sites is 1. The summed E-state index contributed by atoms with van der Waals surface area (Å²) in [6, 6.07) is 7.04. The normalized spacial score (nSPS) is 26.6. The van der Waals surface area contributed by atoms with Crippen LogP contribution in [-0.4, -0.2) is 62.8 Å². The monoisotopic (exact) mass is 515 g/mol. The lowest BCUT2D eigenvalue weighted by atomic mass is 9.96. The molecule has 192 valence electrons. The maximum atomic E-state index is 13.4. The number of aromatic nitrogens is 2. The molecule has 0 bridgehead atoms. The van der Waals surface area contributed by atoms with Gasteiger partial charge in [-0.25, -0.2) is 14.4 Å². The van der Waals surface area contributed by atoms with Gasteiger partial charge >= 0.3 is 19.4 Å². The first-order chi connectivity index (χ1) is 17.2. The molecule has 2 heterocycles. The van der Waals surface area contributed by atoms with E-state index in [1.54, 1.807) is 32.0 Å². The number of hydrogen-bond donors (Lipinski definition) is 4. The minimum Gasteiger partial charge on any atom is -0.462 e. The number of nitrogens with zero attached hydrogens (tertiary/aromatic N) is 1. The Hall–Kier alpha value is -2.80. The molecule has 3 rings (SSSR count). The number of aliphatic hydroxyl groups is 2. The standard InChI is InChI=1S/C21H28N3O10P/c1-13(2)32-17(26)11-22-35(30,34-14-7-5-4-6-8-14)31-12-15-18(27)21(3,29)19(33-15)24-10-9-16(25)23-20(24)28/h4-10,13,15,18-19,27,29H,11-12H2,1-3H3,(H,22,30)(H,23,25,28)/t15-,18-,19-,21-,35?/m1/s1/i9D,10D. The molecular weight excluding hydrogens is 485 g/mol. The van der Waals surface area contributed by atoms with Gasteiger partial charge in [0, 0.05) is 12.2 Å². The third-order valence-corrected chi connectivity index (χ3v) is 6.37. The van der Waals surface area contributed by atoms with Crippen LogP contribution in [0.25, 0.3) is 0 Å². The van der Waals surface area contributed by atoms with E-state index in [1.807, 2.05) is 4.98 Å². The van der Waals surface area contributed by atoms with Crippen molar-refractivity contribution in [3.63, 3.8) is 0 Å². The highest BCUT2D eigenvalue weighted by molar-refractivity contribution is 7.52. The van der Waals surface area contributed by atoms with Gasteiger partial charge in [-0.2, -0.15) is 0 Å². The van der Waals surface area contributed by atoms with Crippen LogP contribution in [0.3, 0.4) is 0 Å². The van der Waals surface area contributed by atoms with E-state index >= 15 is 0 Å². The summed E-state index contributed by atoms with van der Waals surface area (Å²) in [5, 5.41) is 23.9. The van der Waals surface area contributed by atoms with Gasteiger partial charge < -0.3 is 24.2 Å². The largest absolute Gasteiger partial charge is 0.462 e. The van der Waals surface area contributed by atoms with Crippen molar-refractivity contribution in [2.24, 2.45) is 0 Å². The molecule has 1 aliphatic heterocycles. The van der Waals surface area contributed by atoms with Crippen molar-refractivity contribution in [3.8, 4) is 5.75 Å². The molecule has 14 heteroatoms. The minimum atomic E-state index is -4.29. The summed E-state index contributed by atoms with van der Waals surface area (Å²) in [6.45, 7) is 3.18. The second kappa shape index (κ2) is 10.9. The minimum absolute atomic E-state index is 0.134.